The number of halogens is 1. The molecule has 188 valence electrons. The second-order valence-electron chi connectivity index (χ2n) is 9.88. The monoisotopic (exact) mass is 514 g/mol. The van der Waals surface area contributed by atoms with Crippen LogP contribution in [-0.2, 0) is 16.1 Å². The predicted molar refractivity (Wildman–Crippen MR) is 144 cm³/mol. The number of hydrogen-bond donors (Lipinski definition) is 3. The van der Waals surface area contributed by atoms with Gasteiger partial charge in [-0.2, -0.15) is 0 Å². The van der Waals surface area contributed by atoms with E-state index < -0.39 is 0 Å². The first-order valence-corrected chi connectivity index (χ1v) is 12.9. The van der Waals surface area contributed by atoms with Gasteiger partial charge in [-0.1, -0.05) is 23.7 Å². The van der Waals surface area contributed by atoms with Crippen molar-refractivity contribution in [3.05, 3.63) is 82.9 Å². The van der Waals surface area contributed by atoms with Gasteiger partial charge in [0.25, 0.3) is 0 Å². The first-order valence-electron chi connectivity index (χ1n) is 12.5. The molecular weight excluding hydrogens is 488 g/mol. The molecule has 3 aromatic heterocycles. The van der Waals surface area contributed by atoms with Gasteiger partial charge in [0.15, 0.2) is 5.65 Å². The molecule has 2 atom stereocenters. The van der Waals surface area contributed by atoms with Gasteiger partial charge < -0.3 is 20.4 Å². The van der Waals surface area contributed by atoms with Crippen LogP contribution in [0.4, 0.5) is 17.2 Å². The SMILES string of the molecule is CC(=O)Nc1cc(C2CC2)cn2cc(CNc3ccnc(NC(=O)[C@H]4CC4c4cccc(Cl)c4)c3)nc12. The predicted octanol–water partition coefficient (Wildman–Crippen LogP) is 5.57. The van der Waals surface area contributed by atoms with E-state index in [0.717, 1.165) is 34.7 Å². The van der Waals surface area contributed by atoms with E-state index in [1.54, 1.807) is 6.20 Å². The fraction of sp³-hybridized carbons (Fsp3) is 0.286. The van der Waals surface area contributed by atoms with Gasteiger partial charge >= 0.3 is 0 Å². The minimum atomic E-state index is -0.117. The highest BCUT2D eigenvalue weighted by Crippen LogP contribution is 2.48. The van der Waals surface area contributed by atoms with E-state index in [1.807, 2.05) is 53.1 Å². The van der Waals surface area contributed by atoms with E-state index in [9.17, 15) is 9.59 Å². The van der Waals surface area contributed by atoms with Crippen LogP contribution in [0.1, 0.15) is 54.8 Å². The normalized spacial score (nSPS) is 18.4. The highest BCUT2D eigenvalue weighted by atomic mass is 35.5. The molecule has 2 amide bonds. The number of imidazole rings is 1. The van der Waals surface area contributed by atoms with Crippen molar-refractivity contribution >= 4 is 46.3 Å². The molecule has 9 heteroatoms. The van der Waals surface area contributed by atoms with Gasteiger partial charge in [0, 0.05) is 48.2 Å². The van der Waals surface area contributed by atoms with Crippen molar-refractivity contribution in [3.63, 3.8) is 0 Å². The molecule has 37 heavy (non-hydrogen) atoms. The Morgan fingerprint density at radius 2 is 1.95 bits per heavy atom. The van der Waals surface area contributed by atoms with E-state index in [2.05, 4.69) is 27.1 Å². The average molecular weight is 515 g/mol. The molecule has 1 aromatic carbocycles. The van der Waals surface area contributed by atoms with Crippen molar-refractivity contribution < 1.29 is 9.59 Å². The van der Waals surface area contributed by atoms with Gasteiger partial charge in [0.2, 0.25) is 11.8 Å². The molecule has 1 unspecified atom stereocenters. The zero-order chi connectivity index (χ0) is 25.5. The van der Waals surface area contributed by atoms with Crippen LogP contribution in [0.25, 0.3) is 5.65 Å². The lowest BCUT2D eigenvalue weighted by Gasteiger charge is -2.08. The molecule has 3 N–H and O–H groups in total. The summed E-state index contributed by atoms with van der Waals surface area (Å²) in [6.07, 6.45) is 8.91. The maximum Gasteiger partial charge on any atom is 0.229 e. The molecule has 0 radical (unpaired) electrons. The molecular formula is C28H27ClN6O2. The Balaban J connectivity index is 1.11. The minimum absolute atomic E-state index is 0.0352. The highest BCUT2D eigenvalue weighted by molar-refractivity contribution is 6.30. The minimum Gasteiger partial charge on any atom is -0.379 e. The zero-order valence-electron chi connectivity index (χ0n) is 20.4. The number of hydrogen-bond acceptors (Lipinski definition) is 5. The van der Waals surface area contributed by atoms with E-state index in [1.165, 1.54) is 25.3 Å². The number of fused-ring (bicyclic) bond motifs is 1. The average Bonchev–Trinajstić information content (AvgIpc) is 3.79. The molecule has 4 aromatic rings. The van der Waals surface area contributed by atoms with Crippen molar-refractivity contribution in [1.82, 2.24) is 14.4 Å². The second-order valence-corrected chi connectivity index (χ2v) is 10.3. The van der Waals surface area contributed by atoms with Crippen molar-refractivity contribution in [2.45, 2.75) is 44.6 Å². The van der Waals surface area contributed by atoms with Crippen LogP contribution < -0.4 is 16.0 Å². The van der Waals surface area contributed by atoms with E-state index in [0.29, 0.717) is 23.3 Å². The first kappa shape index (κ1) is 23.5. The standard InChI is InChI=1S/C28H27ClN6O2/c1-16(36)32-25-10-19(17-5-6-17)14-35-15-22(33-27(25)35)13-31-21-7-8-30-26(11-21)34-28(37)24-12-23(24)18-3-2-4-20(29)9-18/h2-4,7-11,14-15,17,23-24H,5-6,12-13H2,1H3,(H,32,36)(H2,30,31,34,37)/t23?,24-/m0/s1. The number of nitrogens with zero attached hydrogens (tertiary/aromatic N) is 3. The molecule has 8 nitrogen and oxygen atoms in total. The Morgan fingerprint density at radius 3 is 2.73 bits per heavy atom. The van der Waals surface area contributed by atoms with Gasteiger partial charge in [0.1, 0.15) is 5.82 Å². The van der Waals surface area contributed by atoms with Crippen LogP contribution in [0, 0.1) is 5.92 Å². The number of carbonyl (C=O) groups is 2. The second kappa shape index (κ2) is 9.52. The fourth-order valence-corrected chi connectivity index (χ4v) is 4.99. The summed E-state index contributed by atoms with van der Waals surface area (Å²) in [7, 11) is 0. The van der Waals surface area contributed by atoms with Crippen LogP contribution in [-0.4, -0.2) is 26.2 Å². The molecule has 2 aliphatic rings. The number of carbonyl (C=O) groups excluding carboxylic acids is 2. The maximum absolute atomic E-state index is 12.8. The fourth-order valence-electron chi connectivity index (χ4n) is 4.79. The lowest BCUT2D eigenvalue weighted by Crippen LogP contribution is -2.15. The number of rotatable bonds is 8. The summed E-state index contributed by atoms with van der Waals surface area (Å²) in [5, 5.41) is 9.91. The lowest BCUT2D eigenvalue weighted by molar-refractivity contribution is -0.117. The largest absolute Gasteiger partial charge is 0.379 e. The Labute approximate surface area is 219 Å². The number of nitrogens with one attached hydrogen (secondary N) is 3. The zero-order valence-corrected chi connectivity index (χ0v) is 21.1. The van der Waals surface area contributed by atoms with Crippen LogP contribution >= 0.6 is 11.6 Å². The van der Waals surface area contributed by atoms with Crippen LogP contribution in [0.15, 0.2) is 61.1 Å². The Hall–Kier alpha value is -3.91. The first-order chi connectivity index (χ1) is 17.9. The van der Waals surface area contributed by atoms with Crippen LogP contribution in [0.3, 0.4) is 0 Å². The summed E-state index contributed by atoms with van der Waals surface area (Å²) in [6, 6.07) is 13.4. The van der Waals surface area contributed by atoms with E-state index >= 15 is 0 Å². The number of pyridine rings is 2. The smallest absolute Gasteiger partial charge is 0.229 e. The van der Waals surface area contributed by atoms with Crippen molar-refractivity contribution in [1.29, 1.82) is 0 Å². The van der Waals surface area contributed by atoms with Crippen molar-refractivity contribution in [2.75, 3.05) is 16.0 Å². The van der Waals surface area contributed by atoms with Crippen LogP contribution in [0.5, 0.6) is 0 Å². The Morgan fingerprint density at radius 1 is 1.08 bits per heavy atom. The van der Waals surface area contributed by atoms with Crippen molar-refractivity contribution in [2.24, 2.45) is 5.92 Å². The third kappa shape index (κ3) is 5.29. The molecule has 0 aliphatic heterocycles. The van der Waals surface area contributed by atoms with Crippen LogP contribution in [0.2, 0.25) is 5.02 Å². The summed E-state index contributed by atoms with van der Waals surface area (Å²) >= 11 is 6.10. The quantitative estimate of drug-likeness (QED) is 0.285. The number of aromatic nitrogens is 3. The molecule has 0 bridgehead atoms. The molecule has 2 aliphatic carbocycles. The summed E-state index contributed by atoms with van der Waals surface area (Å²) in [4.78, 5) is 33.5. The highest BCUT2D eigenvalue weighted by Gasteiger charge is 2.44. The summed E-state index contributed by atoms with van der Waals surface area (Å²) in [5.41, 5.74) is 5.42. The van der Waals surface area contributed by atoms with Crippen molar-refractivity contribution in [3.8, 4) is 0 Å². The third-order valence-corrected chi connectivity index (χ3v) is 7.11. The number of benzene rings is 1. The van der Waals surface area contributed by atoms with Gasteiger partial charge in [-0.3, -0.25) is 9.59 Å². The summed E-state index contributed by atoms with van der Waals surface area (Å²) < 4.78 is 1.99. The van der Waals surface area contributed by atoms with Gasteiger partial charge in [-0.25, -0.2) is 9.97 Å². The van der Waals surface area contributed by atoms with Gasteiger partial charge in [0.05, 0.1) is 17.9 Å². The summed E-state index contributed by atoms with van der Waals surface area (Å²) in [5.74, 6) is 1.03. The van der Waals surface area contributed by atoms with Gasteiger partial charge in [-0.15, -0.1) is 0 Å². The molecule has 0 spiro atoms. The third-order valence-electron chi connectivity index (χ3n) is 6.87. The van der Waals surface area contributed by atoms with E-state index in [4.69, 9.17) is 16.6 Å². The molecule has 2 fully saturated rings. The Bertz CT molecular complexity index is 1510. The molecule has 2 saturated carbocycles. The van der Waals surface area contributed by atoms with Gasteiger partial charge in [-0.05, 0) is 66.5 Å². The molecule has 0 saturated heterocycles. The molecule has 6 rings (SSSR count). The number of anilines is 3. The lowest BCUT2D eigenvalue weighted by atomic mass is 10.1. The van der Waals surface area contributed by atoms with E-state index in [-0.39, 0.29) is 23.7 Å². The Kier molecular flexibility index (Phi) is 6.04. The number of amides is 2. The topological polar surface area (TPSA) is 100 Å². The maximum atomic E-state index is 12.8. The summed E-state index contributed by atoms with van der Waals surface area (Å²) in [6.45, 7) is 1.99. The molecule has 3 heterocycles.